The molecule has 0 aliphatic carbocycles. The Hall–Kier alpha value is -0.960. The molecule has 0 aliphatic rings. The van der Waals surface area contributed by atoms with Crippen molar-refractivity contribution in [3.05, 3.63) is 63.7 Å². The highest BCUT2D eigenvalue weighted by Crippen LogP contribution is 2.31. The molecule has 1 N–H and O–H groups in total. The van der Waals surface area contributed by atoms with E-state index in [1.165, 1.54) is 27.1 Å². The number of benzene rings is 2. The summed E-state index contributed by atoms with van der Waals surface area (Å²) in [6, 6.07) is 12.8. The first kappa shape index (κ1) is 15.4. The van der Waals surface area contributed by atoms with Gasteiger partial charge in [-0.3, -0.25) is 0 Å². The maximum atomic E-state index is 6.29. The molecular weight excluding hydrogens is 286 g/mol. The first-order valence-electron chi connectivity index (χ1n) is 6.72. The highest BCUT2D eigenvalue weighted by molar-refractivity contribution is 7.98. The lowest BCUT2D eigenvalue weighted by molar-refractivity contribution is 0.803. The number of thioether (sulfide) groups is 1. The molecule has 0 bridgehead atoms. The molecule has 0 fully saturated rings. The van der Waals surface area contributed by atoms with Crippen LogP contribution in [0, 0.1) is 13.8 Å². The molecule has 106 valence electrons. The van der Waals surface area contributed by atoms with Crippen LogP contribution in [0.2, 0.25) is 5.02 Å². The number of rotatable bonds is 5. The second-order valence-corrected chi connectivity index (χ2v) is 6.46. The van der Waals surface area contributed by atoms with Crippen molar-refractivity contribution in [1.29, 1.82) is 0 Å². The van der Waals surface area contributed by atoms with Gasteiger partial charge in [0.05, 0.1) is 0 Å². The van der Waals surface area contributed by atoms with Gasteiger partial charge in [-0.05, 0) is 44.2 Å². The SMILES string of the molecule is CNCc1c(Cl)cccc1SCc1cc(C)cc(C)c1. The molecule has 0 saturated heterocycles. The van der Waals surface area contributed by atoms with Crippen LogP contribution in [0.1, 0.15) is 22.3 Å². The topological polar surface area (TPSA) is 12.0 Å². The second kappa shape index (κ2) is 7.16. The number of halogens is 1. The predicted octanol–water partition coefficient (Wildman–Crippen LogP) is 4.97. The van der Waals surface area contributed by atoms with E-state index in [0.717, 1.165) is 17.3 Å². The van der Waals surface area contributed by atoms with Gasteiger partial charge in [-0.25, -0.2) is 0 Å². The molecule has 0 spiro atoms. The van der Waals surface area contributed by atoms with Crippen LogP contribution in [-0.4, -0.2) is 7.05 Å². The van der Waals surface area contributed by atoms with Gasteiger partial charge in [0.15, 0.2) is 0 Å². The summed E-state index contributed by atoms with van der Waals surface area (Å²) in [5, 5.41) is 4.02. The molecule has 0 atom stereocenters. The van der Waals surface area contributed by atoms with Gasteiger partial charge in [0, 0.05) is 22.2 Å². The Morgan fingerprint density at radius 2 is 1.80 bits per heavy atom. The lowest BCUT2D eigenvalue weighted by Crippen LogP contribution is -2.06. The van der Waals surface area contributed by atoms with E-state index in [2.05, 4.69) is 43.4 Å². The molecular formula is C17H20ClNS. The van der Waals surface area contributed by atoms with Gasteiger partial charge >= 0.3 is 0 Å². The van der Waals surface area contributed by atoms with Gasteiger partial charge in [0.25, 0.3) is 0 Å². The van der Waals surface area contributed by atoms with E-state index in [9.17, 15) is 0 Å². The molecule has 3 heteroatoms. The molecule has 0 heterocycles. The Balaban J connectivity index is 2.16. The molecule has 1 nitrogen and oxygen atoms in total. The molecule has 0 aliphatic heterocycles. The van der Waals surface area contributed by atoms with E-state index in [0.29, 0.717) is 0 Å². The maximum absolute atomic E-state index is 6.29. The summed E-state index contributed by atoms with van der Waals surface area (Å²) in [6.07, 6.45) is 0. The van der Waals surface area contributed by atoms with Gasteiger partial charge in [-0.2, -0.15) is 0 Å². The Morgan fingerprint density at radius 1 is 1.10 bits per heavy atom. The first-order chi connectivity index (χ1) is 9.60. The van der Waals surface area contributed by atoms with Crippen molar-refractivity contribution in [2.75, 3.05) is 7.05 Å². The Bertz CT molecular complexity index is 575. The van der Waals surface area contributed by atoms with Crippen LogP contribution >= 0.6 is 23.4 Å². The van der Waals surface area contributed by atoms with Gasteiger partial charge in [-0.15, -0.1) is 11.8 Å². The van der Waals surface area contributed by atoms with Crippen LogP contribution in [0.4, 0.5) is 0 Å². The monoisotopic (exact) mass is 305 g/mol. The largest absolute Gasteiger partial charge is 0.316 e. The quantitative estimate of drug-likeness (QED) is 0.783. The number of aryl methyl sites for hydroxylation is 2. The minimum atomic E-state index is 0.800. The van der Waals surface area contributed by atoms with Crippen molar-refractivity contribution in [3.63, 3.8) is 0 Å². The summed E-state index contributed by atoms with van der Waals surface area (Å²) >= 11 is 8.13. The van der Waals surface area contributed by atoms with Crippen molar-refractivity contribution in [1.82, 2.24) is 5.32 Å². The molecule has 20 heavy (non-hydrogen) atoms. The van der Waals surface area contributed by atoms with Crippen molar-refractivity contribution in [3.8, 4) is 0 Å². The van der Waals surface area contributed by atoms with Crippen LogP contribution in [0.3, 0.4) is 0 Å². The second-order valence-electron chi connectivity index (χ2n) is 5.03. The van der Waals surface area contributed by atoms with E-state index in [4.69, 9.17) is 11.6 Å². The fourth-order valence-corrected chi connectivity index (χ4v) is 3.65. The number of hydrogen-bond donors (Lipinski definition) is 1. The van der Waals surface area contributed by atoms with Crippen molar-refractivity contribution >= 4 is 23.4 Å². The average Bonchev–Trinajstić information content (AvgIpc) is 2.38. The van der Waals surface area contributed by atoms with Gasteiger partial charge in [0.2, 0.25) is 0 Å². The standard InChI is InChI=1S/C17H20ClNS/c1-12-7-13(2)9-14(8-12)11-20-17-6-4-5-16(18)15(17)10-19-3/h4-9,19H,10-11H2,1-3H3. The highest BCUT2D eigenvalue weighted by Gasteiger charge is 2.07. The Morgan fingerprint density at radius 3 is 2.45 bits per heavy atom. The smallest absolute Gasteiger partial charge is 0.0462 e. The summed E-state index contributed by atoms with van der Waals surface area (Å²) < 4.78 is 0. The van der Waals surface area contributed by atoms with Gasteiger partial charge in [0.1, 0.15) is 0 Å². The lowest BCUT2D eigenvalue weighted by atomic mass is 10.1. The van der Waals surface area contributed by atoms with Gasteiger partial charge < -0.3 is 5.32 Å². The zero-order valence-corrected chi connectivity index (χ0v) is 13.7. The zero-order valence-electron chi connectivity index (χ0n) is 12.2. The molecule has 0 radical (unpaired) electrons. The molecule has 0 unspecified atom stereocenters. The third-order valence-electron chi connectivity index (χ3n) is 3.11. The van der Waals surface area contributed by atoms with E-state index >= 15 is 0 Å². The first-order valence-corrected chi connectivity index (χ1v) is 8.08. The van der Waals surface area contributed by atoms with Crippen LogP contribution in [0.5, 0.6) is 0 Å². The van der Waals surface area contributed by atoms with Crippen LogP contribution in [0.25, 0.3) is 0 Å². The van der Waals surface area contributed by atoms with Gasteiger partial charge in [-0.1, -0.05) is 47.0 Å². The Kier molecular flexibility index (Phi) is 5.53. The van der Waals surface area contributed by atoms with E-state index < -0.39 is 0 Å². The summed E-state index contributed by atoms with van der Waals surface area (Å²) in [5.74, 6) is 0.972. The van der Waals surface area contributed by atoms with Crippen molar-refractivity contribution in [2.45, 2.75) is 31.0 Å². The summed E-state index contributed by atoms with van der Waals surface area (Å²) in [5.41, 5.74) is 5.19. The maximum Gasteiger partial charge on any atom is 0.0462 e. The van der Waals surface area contributed by atoms with E-state index in [-0.39, 0.29) is 0 Å². The average molecular weight is 306 g/mol. The van der Waals surface area contributed by atoms with Crippen LogP contribution in [0.15, 0.2) is 41.3 Å². The summed E-state index contributed by atoms with van der Waals surface area (Å²) in [4.78, 5) is 1.26. The minimum Gasteiger partial charge on any atom is -0.316 e. The van der Waals surface area contributed by atoms with Crippen LogP contribution in [-0.2, 0) is 12.3 Å². The normalized spacial score (nSPS) is 10.8. The summed E-state index contributed by atoms with van der Waals surface area (Å²) in [7, 11) is 1.95. The number of nitrogens with one attached hydrogen (secondary N) is 1. The van der Waals surface area contributed by atoms with Crippen molar-refractivity contribution in [2.24, 2.45) is 0 Å². The van der Waals surface area contributed by atoms with E-state index in [1.54, 1.807) is 0 Å². The third kappa shape index (κ3) is 4.02. The fourth-order valence-electron chi connectivity index (χ4n) is 2.34. The third-order valence-corrected chi connectivity index (χ3v) is 4.63. The molecule has 0 amide bonds. The highest BCUT2D eigenvalue weighted by atomic mass is 35.5. The minimum absolute atomic E-state index is 0.800. The van der Waals surface area contributed by atoms with Crippen LogP contribution < -0.4 is 5.32 Å². The molecule has 0 saturated carbocycles. The zero-order chi connectivity index (χ0) is 14.5. The summed E-state index contributed by atoms with van der Waals surface area (Å²) in [6.45, 7) is 5.09. The predicted molar refractivity (Wildman–Crippen MR) is 89.7 cm³/mol. The molecule has 0 aromatic heterocycles. The number of hydrogen-bond acceptors (Lipinski definition) is 2. The van der Waals surface area contributed by atoms with Crippen molar-refractivity contribution < 1.29 is 0 Å². The fraction of sp³-hybridized carbons (Fsp3) is 0.294. The Labute approximate surface area is 130 Å². The lowest BCUT2D eigenvalue weighted by Gasteiger charge is -2.11. The molecule has 2 aromatic rings. The van der Waals surface area contributed by atoms with E-state index in [1.807, 2.05) is 30.9 Å². The molecule has 2 rings (SSSR count). The molecule has 2 aromatic carbocycles.